The van der Waals surface area contributed by atoms with Gasteiger partial charge in [-0.2, -0.15) is 4.98 Å². The molecule has 166 valence electrons. The number of hydrogen-bond acceptors (Lipinski definition) is 5. The predicted octanol–water partition coefficient (Wildman–Crippen LogP) is 1.49. The molecule has 4 heterocycles. The van der Waals surface area contributed by atoms with Gasteiger partial charge in [0.1, 0.15) is 5.82 Å². The van der Waals surface area contributed by atoms with E-state index >= 15 is 0 Å². The van der Waals surface area contributed by atoms with Gasteiger partial charge in [0.25, 0.3) is 5.56 Å². The first-order chi connectivity index (χ1) is 14.4. The lowest BCUT2D eigenvalue weighted by Gasteiger charge is -2.25. The van der Waals surface area contributed by atoms with Crippen molar-refractivity contribution in [1.82, 2.24) is 24.0 Å². The van der Waals surface area contributed by atoms with Crippen molar-refractivity contribution in [3.63, 3.8) is 0 Å². The van der Waals surface area contributed by atoms with Gasteiger partial charge in [0, 0.05) is 44.8 Å². The monoisotopic (exact) mass is 468 g/mol. The van der Waals surface area contributed by atoms with Crippen LogP contribution in [0.1, 0.15) is 12.0 Å². The Bertz CT molecular complexity index is 1280. The molecular formula is C20H23Cl2FN6O2. The third-order valence-corrected chi connectivity index (χ3v) is 6.73. The lowest BCUT2D eigenvalue weighted by Crippen LogP contribution is -2.38. The van der Waals surface area contributed by atoms with Gasteiger partial charge in [0.15, 0.2) is 11.2 Å². The van der Waals surface area contributed by atoms with E-state index < -0.39 is 17.1 Å². The highest BCUT2D eigenvalue weighted by Crippen LogP contribution is 2.33. The van der Waals surface area contributed by atoms with Gasteiger partial charge in [-0.15, -0.1) is 12.4 Å². The molecule has 0 aliphatic carbocycles. The van der Waals surface area contributed by atoms with E-state index in [1.54, 1.807) is 13.1 Å². The van der Waals surface area contributed by atoms with E-state index in [0.29, 0.717) is 28.6 Å². The molecule has 2 aliphatic rings. The Morgan fingerprint density at radius 2 is 2.00 bits per heavy atom. The fraction of sp³-hybridized carbons (Fsp3) is 0.450. The summed E-state index contributed by atoms with van der Waals surface area (Å²) in [5, 5.41) is 3.70. The van der Waals surface area contributed by atoms with Crippen LogP contribution in [0.15, 0.2) is 27.8 Å². The fourth-order valence-corrected chi connectivity index (χ4v) is 4.95. The van der Waals surface area contributed by atoms with Crippen LogP contribution in [0, 0.1) is 11.7 Å². The second kappa shape index (κ2) is 7.96. The van der Waals surface area contributed by atoms with Gasteiger partial charge in [-0.3, -0.25) is 18.5 Å². The highest BCUT2D eigenvalue weighted by Gasteiger charge is 2.40. The van der Waals surface area contributed by atoms with Gasteiger partial charge < -0.3 is 10.2 Å². The molecule has 0 bridgehead atoms. The minimum Gasteiger partial charge on any atom is -0.338 e. The van der Waals surface area contributed by atoms with Crippen LogP contribution in [0.3, 0.4) is 0 Å². The zero-order valence-corrected chi connectivity index (χ0v) is 18.7. The highest BCUT2D eigenvalue weighted by atomic mass is 35.5. The van der Waals surface area contributed by atoms with E-state index in [1.165, 1.54) is 23.7 Å². The van der Waals surface area contributed by atoms with Crippen molar-refractivity contribution in [1.29, 1.82) is 0 Å². The summed E-state index contributed by atoms with van der Waals surface area (Å²) in [5.74, 6) is 0.747. The van der Waals surface area contributed by atoms with Crippen molar-refractivity contribution in [2.75, 3.05) is 24.5 Å². The molecular weight excluding hydrogens is 446 g/mol. The third kappa shape index (κ3) is 3.35. The quantitative estimate of drug-likeness (QED) is 0.630. The van der Waals surface area contributed by atoms with Crippen LogP contribution in [0.25, 0.3) is 11.2 Å². The molecule has 2 unspecified atom stereocenters. The van der Waals surface area contributed by atoms with E-state index in [-0.39, 0.29) is 30.0 Å². The molecule has 1 N–H and O–H groups in total. The highest BCUT2D eigenvalue weighted by molar-refractivity contribution is 6.31. The number of nitrogens with one attached hydrogen (secondary N) is 1. The van der Waals surface area contributed by atoms with Crippen LogP contribution in [0.2, 0.25) is 5.02 Å². The maximum atomic E-state index is 13.6. The van der Waals surface area contributed by atoms with Gasteiger partial charge in [-0.05, 0) is 30.0 Å². The van der Waals surface area contributed by atoms with Crippen LogP contribution in [0.5, 0.6) is 0 Å². The SMILES string of the molecule is Cl.Cn1c(=O)c2c(nc(N3CCC4CNCC43)n2Cc2ccc(F)cc2Cl)n(C)c1=O. The van der Waals surface area contributed by atoms with Crippen LogP contribution >= 0.6 is 24.0 Å². The summed E-state index contributed by atoms with van der Waals surface area (Å²) in [6.45, 7) is 2.89. The van der Waals surface area contributed by atoms with Gasteiger partial charge >= 0.3 is 5.69 Å². The van der Waals surface area contributed by atoms with E-state index in [9.17, 15) is 14.0 Å². The number of aryl methyl sites for hydroxylation is 1. The first-order valence-corrected chi connectivity index (χ1v) is 10.3. The first-order valence-electron chi connectivity index (χ1n) is 9.94. The van der Waals surface area contributed by atoms with Crippen LogP contribution in [-0.2, 0) is 20.6 Å². The molecule has 0 spiro atoms. The number of aromatic nitrogens is 4. The molecule has 2 saturated heterocycles. The minimum absolute atomic E-state index is 0. The smallest absolute Gasteiger partial charge is 0.332 e. The third-order valence-electron chi connectivity index (χ3n) is 6.37. The molecule has 0 saturated carbocycles. The van der Waals surface area contributed by atoms with E-state index in [0.717, 1.165) is 30.6 Å². The number of benzene rings is 1. The fourth-order valence-electron chi connectivity index (χ4n) is 4.72. The van der Waals surface area contributed by atoms with E-state index in [2.05, 4.69) is 10.2 Å². The molecule has 0 radical (unpaired) electrons. The largest absolute Gasteiger partial charge is 0.338 e. The summed E-state index contributed by atoms with van der Waals surface area (Å²) in [4.78, 5) is 32.5. The average Bonchev–Trinajstić information content (AvgIpc) is 3.41. The Hall–Kier alpha value is -2.36. The average molecular weight is 469 g/mol. The lowest BCUT2D eigenvalue weighted by molar-refractivity contribution is 0.572. The number of anilines is 1. The molecule has 5 rings (SSSR count). The van der Waals surface area contributed by atoms with Gasteiger partial charge in [-0.25, -0.2) is 9.18 Å². The number of nitrogens with zero attached hydrogens (tertiary/aromatic N) is 5. The number of hydrogen-bond donors (Lipinski definition) is 1. The van der Waals surface area contributed by atoms with Crippen LogP contribution in [0.4, 0.5) is 10.3 Å². The van der Waals surface area contributed by atoms with E-state index in [1.807, 2.05) is 4.57 Å². The predicted molar refractivity (Wildman–Crippen MR) is 120 cm³/mol. The second-order valence-electron chi connectivity index (χ2n) is 8.08. The maximum Gasteiger partial charge on any atom is 0.332 e. The van der Waals surface area contributed by atoms with E-state index in [4.69, 9.17) is 16.6 Å². The Morgan fingerprint density at radius 3 is 2.74 bits per heavy atom. The van der Waals surface area contributed by atoms with Crippen molar-refractivity contribution >= 4 is 41.1 Å². The lowest BCUT2D eigenvalue weighted by atomic mass is 10.1. The van der Waals surface area contributed by atoms with Crippen molar-refractivity contribution in [3.8, 4) is 0 Å². The summed E-state index contributed by atoms with van der Waals surface area (Å²) in [7, 11) is 3.07. The Balaban J connectivity index is 0.00000231. The Kier molecular flexibility index (Phi) is 5.61. The standard InChI is InChI=1S/C20H22ClFN6O2.ClH/c1-25-17-16(18(29)26(2)20(25)30)28(10-12-3-4-13(22)7-14(12)21)19(24-17)27-6-5-11-8-23-9-15(11)27;/h3-4,7,11,15,23H,5-6,8-10H2,1-2H3;1H. The molecule has 2 aromatic heterocycles. The molecule has 31 heavy (non-hydrogen) atoms. The molecule has 8 nitrogen and oxygen atoms in total. The van der Waals surface area contributed by atoms with Crippen molar-refractivity contribution in [2.45, 2.75) is 19.0 Å². The molecule has 2 atom stereocenters. The molecule has 1 aromatic carbocycles. The van der Waals surface area contributed by atoms with Gasteiger partial charge in [-0.1, -0.05) is 17.7 Å². The van der Waals surface area contributed by atoms with Crippen molar-refractivity contribution < 1.29 is 4.39 Å². The molecule has 3 aromatic rings. The second-order valence-corrected chi connectivity index (χ2v) is 8.49. The summed E-state index contributed by atoms with van der Waals surface area (Å²) in [6, 6.07) is 4.51. The Labute approximate surface area is 188 Å². The molecule has 2 aliphatic heterocycles. The number of rotatable bonds is 3. The molecule has 2 fully saturated rings. The minimum atomic E-state index is -0.426. The van der Waals surface area contributed by atoms with Crippen molar-refractivity contribution in [2.24, 2.45) is 20.0 Å². The van der Waals surface area contributed by atoms with Gasteiger partial charge in [0.2, 0.25) is 5.95 Å². The number of halogens is 3. The topological polar surface area (TPSA) is 77.1 Å². The van der Waals surface area contributed by atoms with Crippen molar-refractivity contribution in [3.05, 3.63) is 55.4 Å². The maximum absolute atomic E-state index is 13.6. The summed E-state index contributed by atoms with van der Waals surface area (Å²) >= 11 is 6.29. The first kappa shape index (κ1) is 21.9. The number of imidazole rings is 1. The zero-order valence-electron chi connectivity index (χ0n) is 17.1. The molecule has 11 heteroatoms. The normalized spacial score (nSPS) is 20.3. The van der Waals surface area contributed by atoms with Crippen LogP contribution < -0.4 is 21.5 Å². The van der Waals surface area contributed by atoms with Gasteiger partial charge in [0.05, 0.1) is 6.54 Å². The zero-order chi connectivity index (χ0) is 21.2. The summed E-state index contributed by atoms with van der Waals surface area (Å²) in [6.07, 6.45) is 1.04. The Morgan fingerprint density at radius 1 is 1.23 bits per heavy atom. The number of fused-ring (bicyclic) bond motifs is 2. The van der Waals surface area contributed by atoms with Crippen LogP contribution in [-0.4, -0.2) is 44.4 Å². The summed E-state index contributed by atoms with van der Waals surface area (Å²) in [5.41, 5.74) is 0.515. The molecule has 0 amide bonds. The summed E-state index contributed by atoms with van der Waals surface area (Å²) < 4.78 is 17.8.